The van der Waals surface area contributed by atoms with Gasteiger partial charge in [-0.05, 0) is 35.0 Å². The average Bonchev–Trinajstić information content (AvgIpc) is 2.26. The zero-order valence-electron chi connectivity index (χ0n) is 9.07. The molecule has 0 spiro atoms. The molecule has 0 aliphatic rings. The highest BCUT2D eigenvalue weighted by molar-refractivity contribution is 9.11. The molecule has 0 saturated carbocycles. The summed E-state index contributed by atoms with van der Waals surface area (Å²) >= 11 is 6.45. The molecule has 1 aromatic heterocycles. The molecule has 0 radical (unpaired) electrons. The summed E-state index contributed by atoms with van der Waals surface area (Å²) in [5, 5.41) is 0.481. The van der Waals surface area contributed by atoms with Crippen LogP contribution in [0.4, 0.5) is 18.9 Å². The van der Waals surface area contributed by atoms with Crippen LogP contribution in [-0.4, -0.2) is 4.98 Å². The van der Waals surface area contributed by atoms with Crippen molar-refractivity contribution in [2.45, 2.75) is 13.1 Å². The molecule has 2 aromatic rings. The maximum atomic E-state index is 12.8. The Morgan fingerprint density at radius 1 is 1.17 bits per heavy atom. The lowest BCUT2D eigenvalue weighted by Crippen LogP contribution is -2.13. The molecule has 0 unspecified atom stereocenters. The molecule has 7 heteroatoms. The number of halogens is 5. The monoisotopic (exact) mass is 382 g/mol. The molecule has 0 bridgehead atoms. The standard InChI is InChI=1S/C11H7Br2F3N2/c1-4-8(17)7-5(12)2-3-6(13)9(7)18-10(4)11(14,15)16/h2-3H,1H3,(H2,17,18). The molecule has 96 valence electrons. The van der Waals surface area contributed by atoms with Gasteiger partial charge in [0, 0.05) is 25.6 Å². The number of hydrogen-bond acceptors (Lipinski definition) is 2. The third-order valence-corrected chi connectivity index (χ3v) is 3.90. The van der Waals surface area contributed by atoms with Crippen molar-refractivity contribution in [2.24, 2.45) is 0 Å². The lowest BCUT2D eigenvalue weighted by molar-refractivity contribution is -0.141. The predicted molar refractivity (Wildman–Crippen MR) is 71.3 cm³/mol. The smallest absolute Gasteiger partial charge is 0.398 e. The van der Waals surface area contributed by atoms with E-state index in [1.807, 2.05) is 0 Å². The zero-order chi connectivity index (χ0) is 13.7. The Morgan fingerprint density at radius 2 is 1.72 bits per heavy atom. The van der Waals surface area contributed by atoms with Gasteiger partial charge in [-0.2, -0.15) is 13.2 Å². The quantitative estimate of drug-likeness (QED) is 0.717. The minimum Gasteiger partial charge on any atom is -0.398 e. The van der Waals surface area contributed by atoms with E-state index in [-0.39, 0.29) is 16.8 Å². The van der Waals surface area contributed by atoms with E-state index in [2.05, 4.69) is 36.8 Å². The molecule has 0 atom stereocenters. The van der Waals surface area contributed by atoms with Gasteiger partial charge in [0.25, 0.3) is 0 Å². The van der Waals surface area contributed by atoms with Crippen LogP contribution in [0.5, 0.6) is 0 Å². The van der Waals surface area contributed by atoms with E-state index in [4.69, 9.17) is 5.73 Å². The Labute approximate surface area is 118 Å². The van der Waals surface area contributed by atoms with Gasteiger partial charge in [0.1, 0.15) is 5.69 Å². The van der Waals surface area contributed by atoms with Gasteiger partial charge >= 0.3 is 6.18 Å². The molecular weight excluding hydrogens is 377 g/mol. The van der Waals surface area contributed by atoms with Gasteiger partial charge in [0.05, 0.1) is 5.52 Å². The minimum absolute atomic E-state index is 0.0613. The van der Waals surface area contributed by atoms with Gasteiger partial charge in [-0.15, -0.1) is 0 Å². The van der Waals surface area contributed by atoms with Crippen LogP contribution in [0.2, 0.25) is 0 Å². The number of nitrogens with zero attached hydrogens (tertiary/aromatic N) is 1. The van der Waals surface area contributed by atoms with Crippen LogP contribution in [0.1, 0.15) is 11.3 Å². The highest BCUT2D eigenvalue weighted by Crippen LogP contribution is 2.40. The van der Waals surface area contributed by atoms with Crippen LogP contribution in [0, 0.1) is 6.92 Å². The van der Waals surface area contributed by atoms with Gasteiger partial charge in [-0.1, -0.05) is 15.9 Å². The maximum absolute atomic E-state index is 12.8. The SMILES string of the molecule is Cc1c(C(F)(F)F)nc2c(Br)ccc(Br)c2c1N. The summed E-state index contributed by atoms with van der Waals surface area (Å²) in [5.41, 5.74) is 5.06. The molecular formula is C11H7Br2F3N2. The Kier molecular flexibility index (Phi) is 3.31. The summed E-state index contributed by atoms with van der Waals surface area (Å²) in [6.45, 7) is 1.32. The fourth-order valence-electron chi connectivity index (χ4n) is 1.69. The summed E-state index contributed by atoms with van der Waals surface area (Å²) < 4.78 is 39.6. The first-order valence-electron chi connectivity index (χ1n) is 4.84. The van der Waals surface area contributed by atoms with Crippen LogP contribution in [-0.2, 0) is 6.18 Å². The third-order valence-electron chi connectivity index (χ3n) is 2.60. The first kappa shape index (κ1) is 13.6. The van der Waals surface area contributed by atoms with Crippen LogP contribution >= 0.6 is 31.9 Å². The number of anilines is 1. The van der Waals surface area contributed by atoms with E-state index in [0.29, 0.717) is 14.3 Å². The van der Waals surface area contributed by atoms with E-state index < -0.39 is 11.9 Å². The molecule has 18 heavy (non-hydrogen) atoms. The largest absolute Gasteiger partial charge is 0.433 e. The topological polar surface area (TPSA) is 38.9 Å². The van der Waals surface area contributed by atoms with Gasteiger partial charge in [-0.3, -0.25) is 0 Å². The van der Waals surface area contributed by atoms with E-state index in [1.165, 1.54) is 6.92 Å². The second-order valence-corrected chi connectivity index (χ2v) is 5.46. The molecule has 0 amide bonds. The molecule has 0 aliphatic heterocycles. The molecule has 0 aliphatic carbocycles. The number of nitrogen functional groups attached to an aromatic ring is 1. The summed E-state index contributed by atoms with van der Waals surface area (Å²) in [5.74, 6) is 0. The third kappa shape index (κ3) is 2.09. The number of fused-ring (bicyclic) bond motifs is 1. The molecule has 1 aromatic carbocycles. The van der Waals surface area contributed by atoms with Gasteiger partial charge in [0.15, 0.2) is 0 Å². The molecule has 2 N–H and O–H groups in total. The van der Waals surface area contributed by atoms with Gasteiger partial charge in [-0.25, -0.2) is 4.98 Å². The minimum atomic E-state index is -4.52. The van der Waals surface area contributed by atoms with E-state index in [9.17, 15) is 13.2 Å². The van der Waals surface area contributed by atoms with Crippen molar-refractivity contribution in [1.82, 2.24) is 4.98 Å². The Morgan fingerprint density at radius 3 is 2.28 bits per heavy atom. The van der Waals surface area contributed by atoms with Gasteiger partial charge in [0.2, 0.25) is 0 Å². The number of alkyl halides is 3. The van der Waals surface area contributed by atoms with Crippen molar-refractivity contribution in [3.63, 3.8) is 0 Å². The summed E-state index contributed by atoms with van der Waals surface area (Å²) in [6, 6.07) is 3.32. The van der Waals surface area contributed by atoms with Crippen LogP contribution < -0.4 is 5.73 Å². The highest BCUT2D eigenvalue weighted by Gasteiger charge is 2.36. The molecule has 0 saturated heterocycles. The molecule has 2 rings (SSSR count). The average molecular weight is 384 g/mol. The molecule has 0 fully saturated rings. The lowest BCUT2D eigenvalue weighted by atomic mass is 10.1. The van der Waals surface area contributed by atoms with Crippen LogP contribution in [0.25, 0.3) is 10.9 Å². The highest BCUT2D eigenvalue weighted by atomic mass is 79.9. The van der Waals surface area contributed by atoms with Crippen molar-refractivity contribution in [1.29, 1.82) is 0 Å². The number of hydrogen-bond donors (Lipinski definition) is 1. The number of pyridine rings is 1. The summed E-state index contributed by atoms with van der Waals surface area (Å²) in [7, 11) is 0. The maximum Gasteiger partial charge on any atom is 0.433 e. The molecule has 1 heterocycles. The lowest BCUT2D eigenvalue weighted by Gasteiger charge is -2.15. The number of nitrogens with two attached hydrogens (primary N) is 1. The fourth-order valence-corrected chi connectivity index (χ4v) is 2.65. The number of aromatic nitrogens is 1. The number of benzene rings is 1. The van der Waals surface area contributed by atoms with Crippen molar-refractivity contribution < 1.29 is 13.2 Å². The van der Waals surface area contributed by atoms with E-state index in [1.54, 1.807) is 12.1 Å². The van der Waals surface area contributed by atoms with E-state index >= 15 is 0 Å². The van der Waals surface area contributed by atoms with Crippen LogP contribution in [0.15, 0.2) is 21.1 Å². The van der Waals surface area contributed by atoms with Crippen LogP contribution in [0.3, 0.4) is 0 Å². The zero-order valence-corrected chi connectivity index (χ0v) is 12.2. The van der Waals surface area contributed by atoms with Crippen molar-refractivity contribution in [2.75, 3.05) is 5.73 Å². The Hall–Kier alpha value is -0.820. The van der Waals surface area contributed by atoms with Crippen molar-refractivity contribution >= 4 is 48.5 Å². The fraction of sp³-hybridized carbons (Fsp3) is 0.182. The normalized spacial score (nSPS) is 12.1. The number of rotatable bonds is 0. The Bertz CT molecular complexity index is 638. The predicted octanol–water partition coefficient (Wildman–Crippen LogP) is 4.67. The first-order chi connectivity index (χ1) is 8.23. The van der Waals surface area contributed by atoms with Crippen molar-refractivity contribution in [3.8, 4) is 0 Å². The summed E-state index contributed by atoms with van der Waals surface area (Å²) in [6.07, 6.45) is -4.52. The Balaban J connectivity index is 2.97. The van der Waals surface area contributed by atoms with E-state index in [0.717, 1.165) is 0 Å². The summed E-state index contributed by atoms with van der Waals surface area (Å²) in [4.78, 5) is 3.69. The second-order valence-electron chi connectivity index (χ2n) is 3.75. The second kappa shape index (κ2) is 4.38. The molecule has 2 nitrogen and oxygen atoms in total. The first-order valence-corrected chi connectivity index (χ1v) is 6.43. The van der Waals surface area contributed by atoms with Crippen molar-refractivity contribution in [3.05, 3.63) is 32.3 Å². The van der Waals surface area contributed by atoms with Gasteiger partial charge < -0.3 is 5.73 Å².